The van der Waals surface area contributed by atoms with Gasteiger partial charge < -0.3 is 10.2 Å². The van der Waals surface area contributed by atoms with Gasteiger partial charge in [0.2, 0.25) is 0 Å². The van der Waals surface area contributed by atoms with Gasteiger partial charge in [-0.2, -0.15) is 0 Å². The number of benzene rings is 1. The van der Waals surface area contributed by atoms with Gasteiger partial charge in [-0.3, -0.25) is 4.98 Å². The monoisotopic (exact) mass is 419 g/mol. The van der Waals surface area contributed by atoms with Gasteiger partial charge in [-0.15, -0.1) is 0 Å². The third-order valence-electron chi connectivity index (χ3n) is 7.51. The summed E-state index contributed by atoms with van der Waals surface area (Å²) in [5.41, 5.74) is 4.10. The fourth-order valence-corrected chi connectivity index (χ4v) is 5.71. The number of aryl methyl sites for hydroxylation is 2. The van der Waals surface area contributed by atoms with Crippen LogP contribution in [0.4, 0.5) is 10.5 Å². The molecule has 4 nitrogen and oxygen atoms in total. The van der Waals surface area contributed by atoms with Crippen LogP contribution in [-0.2, 0) is 6.54 Å². The molecule has 2 amide bonds. The number of pyridine rings is 1. The number of anilines is 1. The van der Waals surface area contributed by atoms with Crippen molar-refractivity contribution in [1.29, 1.82) is 0 Å². The smallest absolute Gasteiger partial charge is 0.317 e. The Balaban J connectivity index is 1.47. The fraction of sp³-hybridized carbons (Fsp3) is 0.556. The van der Waals surface area contributed by atoms with Gasteiger partial charge in [0, 0.05) is 25.0 Å². The highest BCUT2D eigenvalue weighted by atomic mass is 16.2. The molecule has 2 aromatic rings. The average molecular weight is 420 g/mol. The number of nitrogens with one attached hydrogen (secondary N) is 1. The molecule has 1 aromatic carbocycles. The van der Waals surface area contributed by atoms with E-state index >= 15 is 0 Å². The number of rotatable bonds is 5. The first-order valence-corrected chi connectivity index (χ1v) is 12.1. The number of carbonyl (C=O) groups is 1. The van der Waals surface area contributed by atoms with Crippen LogP contribution in [0.25, 0.3) is 0 Å². The zero-order chi connectivity index (χ0) is 21.6. The number of aromatic nitrogens is 1. The van der Waals surface area contributed by atoms with E-state index in [9.17, 15) is 4.79 Å². The second-order valence-corrected chi connectivity index (χ2v) is 9.66. The Morgan fingerprint density at radius 3 is 2.16 bits per heavy atom. The summed E-state index contributed by atoms with van der Waals surface area (Å²) in [5.74, 6) is 1.79. The highest BCUT2D eigenvalue weighted by Gasteiger charge is 2.33. The molecule has 0 saturated heterocycles. The first-order chi connectivity index (χ1) is 15.1. The molecule has 0 unspecified atom stereocenters. The normalized spacial score (nSPS) is 22.1. The molecule has 31 heavy (non-hydrogen) atoms. The molecule has 0 aliphatic heterocycles. The third kappa shape index (κ3) is 5.47. The maximum atomic E-state index is 13.5. The highest BCUT2D eigenvalue weighted by molar-refractivity contribution is 5.91. The molecule has 2 aliphatic carbocycles. The van der Waals surface area contributed by atoms with E-state index in [0.717, 1.165) is 41.5 Å². The summed E-state index contributed by atoms with van der Waals surface area (Å²) in [6.07, 6.45) is 15.5. The summed E-state index contributed by atoms with van der Waals surface area (Å²) in [7, 11) is 0. The van der Waals surface area contributed by atoms with E-state index in [0.29, 0.717) is 12.6 Å². The molecule has 0 radical (unpaired) electrons. The summed E-state index contributed by atoms with van der Waals surface area (Å²) in [4.78, 5) is 19.8. The van der Waals surface area contributed by atoms with Gasteiger partial charge >= 0.3 is 6.03 Å². The van der Waals surface area contributed by atoms with E-state index in [-0.39, 0.29) is 6.03 Å². The Kier molecular flexibility index (Phi) is 7.26. The number of hydrogen-bond acceptors (Lipinski definition) is 2. The Bertz CT molecular complexity index is 832. The maximum absolute atomic E-state index is 13.5. The van der Waals surface area contributed by atoms with Crippen molar-refractivity contribution in [2.24, 2.45) is 11.8 Å². The summed E-state index contributed by atoms with van der Waals surface area (Å²) in [6, 6.07) is 10.7. The largest absolute Gasteiger partial charge is 0.322 e. The van der Waals surface area contributed by atoms with Crippen LogP contribution >= 0.6 is 0 Å². The van der Waals surface area contributed by atoms with Crippen LogP contribution in [-0.4, -0.2) is 22.0 Å². The number of carbonyl (C=O) groups excluding carboxylic acids is 1. The van der Waals surface area contributed by atoms with Crippen molar-refractivity contribution in [3.63, 3.8) is 0 Å². The number of urea groups is 1. The van der Waals surface area contributed by atoms with Gasteiger partial charge in [0.1, 0.15) is 0 Å². The minimum Gasteiger partial charge on any atom is -0.317 e. The van der Waals surface area contributed by atoms with Crippen molar-refractivity contribution >= 4 is 11.7 Å². The van der Waals surface area contributed by atoms with Crippen LogP contribution in [0, 0.1) is 25.7 Å². The minimum absolute atomic E-state index is 0.0161. The number of nitrogens with zero attached hydrogens (tertiary/aromatic N) is 2. The van der Waals surface area contributed by atoms with Crippen molar-refractivity contribution in [1.82, 2.24) is 9.88 Å². The zero-order valence-electron chi connectivity index (χ0n) is 19.1. The Hall–Kier alpha value is -2.36. The van der Waals surface area contributed by atoms with E-state index in [1.165, 1.54) is 50.5 Å². The van der Waals surface area contributed by atoms with Crippen LogP contribution in [0.2, 0.25) is 0 Å². The Morgan fingerprint density at radius 1 is 0.903 bits per heavy atom. The lowest BCUT2D eigenvalue weighted by molar-refractivity contribution is 0.120. The fourth-order valence-electron chi connectivity index (χ4n) is 5.71. The van der Waals surface area contributed by atoms with Gasteiger partial charge in [0.15, 0.2) is 0 Å². The van der Waals surface area contributed by atoms with Crippen LogP contribution in [0.1, 0.15) is 74.5 Å². The maximum Gasteiger partial charge on any atom is 0.322 e. The topological polar surface area (TPSA) is 45.2 Å². The Labute approximate surface area is 187 Å². The molecule has 1 N–H and O–H groups in total. The molecule has 2 aliphatic rings. The Morgan fingerprint density at radius 2 is 1.52 bits per heavy atom. The number of hydrogen-bond donors (Lipinski definition) is 1. The second kappa shape index (κ2) is 10.3. The molecular formula is C27H37N3O. The molecule has 166 valence electrons. The summed E-state index contributed by atoms with van der Waals surface area (Å²) < 4.78 is 0. The first-order valence-electron chi connectivity index (χ1n) is 12.1. The van der Waals surface area contributed by atoms with Crippen LogP contribution in [0.15, 0.2) is 42.7 Å². The van der Waals surface area contributed by atoms with Gasteiger partial charge in [0.05, 0.1) is 5.69 Å². The van der Waals surface area contributed by atoms with Gasteiger partial charge in [-0.1, -0.05) is 62.4 Å². The van der Waals surface area contributed by atoms with E-state index in [1.54, 1.807) is 0 Å². The van der Waals surface area contributed by atoms with Crippen molar-refractivity contribution in [2.45, 2.75) is 84.2 Å². The molecule has 2 saturated carbocycles. The molecule has 4 rings (SSSR count). The average Bonchev–Trinajstić information content (AvgIpc) is 2.81. The molecule has 1 aromatic heterocycles. The minimum atomic E-state index is 0.0161. The summed E-state index contributed by atoms with van der Waals surface area (Å²) in [6.45, 7) is 4.67. The van der Waals surface area contributed by atoms with Crippen molar-refractivity contribution in [3.8, 4) is 0 Å². The third-order valence-corrected chi connectivity index (χ3v) is 7.51. The molecule has 0 bridgehead atoms. The SMILES string of the molecule is Cc1cncc(C)c1NC(=O)N(Cc1ccccc1)C1CCC(C2CCCCC2)CC1. The quantitative estimate of drug-likeness (QED) is 0.574. The second-order valence-electron chi connectivity index (χ2n) is 9.66. The molecule has 4 heteroatoms. The molecule has 0 spiro atoms. The van der Waals surface area contributed by atoms with Crippen LogP contribution in [0.3, 0.4) is 0 Å². The summed E-state index contributed by atoms with van der Waals surface area (Å²) >= 11 is 0. The molecule has 1 heterocycles. The number of amides is 2. The standard InChI is InChI=1S/C27H37N3O/c1-20-17-28-18-21(2)26(20)29-27(31)30(19-22-9-5-3-6-10-22)25-15-13-24(14-16-25)23-11-7-4-8-12-23/h3,5-6,9-10,17-18,23-25H,4,7-8,11-16,19H2,1-2H3,(H,28,29,31). The zero-order valence-corrected chi connectivity index (χ0v) is 19.1. The van der Waals surface area contributed by atoms with E-state index in [2.05, 4.69) is 39.5 Å². The van der Waals surface area contributed by atoms with Crippen molar-refractivity contribution in [3.05, 3.63) is 59.4 Å². The van der Waals surface area contributed by atoms with Crippen LogP contribution < -0.4 is 5.32 Å². The molecule has 2 fully saturated rings. The van der Waals surface area contributed by atoms with Gasteiger partial charge in [-0.05, 0) is 68.1 Å². The highest BCUT2D eigenvalue weighted by Crippen LogP contribution is 2.39. The van der Waals surface area contributed by atoms with Gasteiger partial charge in [-0.25, -0.2) is 4.79 Å². The van der Waals surface area contributed by atoms with Gasteiger partial charge in [0.25, 0.3) is 0 Å². The lowest BCUT2D eigenvalue weighted by atomic mass is 9.72. The van der Waals surface area contributed by atoms with E-state index in [4.69, 9.17) is 0 Å². The predicted octanol–water partition coefficient (Wildman–Crippen LogP) is 6.87. The van der Waals surface area contributed by atoms with Crippen molar-refractivity contribution < 1.29 is 4.79 Å². The molecule has 0 atom stereocenters. The van der Waals surface area contributed by atoms with E-state index in [1.807, 2.05) is 32.3 Å². The first kappa shape index (κ1) is 21.9. The lowest BCUT2D eigenvalue weighted by Crippen LogP contribution is -2.44. The lowest BCUT2D eigenvalue weighted by Gasteiger charge is -2.40. The summed E-state index contributed by atoms with van der Waals surface area (Å²) in [5, 5.41) is 3.22. The predicted molar refractivity (Wildman–Crippen MR) is 127 cm³/mol. The van der Waals surface area contributed by atoms with E-state index < -0.39 is 0 Å². The van der Waals surface area contributed by atoms with Crippen molar-refractivity contribution in [2.75, 3.05) is 5.32 Å². The molecular weight excluding hydrogens is 382 g/mol. The van der Waals surface area contributed by atoms with Crippen LogP contribution in [0.5, 0.6) is 0 Å².